The molecule has 1 unspecified atom stereocenters. The molecule has 0 saturated carbocycles. The first-order chi connectivity index (χ1) is 9.77. The standard InChI is InChI=1S/C16H19BrClN3/c1-10(11-7-5-6-8-12(11)18)19-14-9-13(17)20-15(21-14)16(2,3)4/h5-10H,1-4H3,(H,19,20,21). The van der Waals surface area contributed by atoms with Gasteiger partial charge in [0, 0.05) is 16.5 Å². The number of halogens is 2. The van der Waals surface area contributed by atoms with Crippen molar-refractivity contribution in [3.63, 3.8) is 0 Å². The first-order valence-corrected chi connectivity index (χ1v) is 8.00. The van der Waals surface area contributed by atoms with Crippen molar-refractivity contribution in [3.05, 3.63) is 51.3 Å². The minimum atomic E-state index is -0.103. The molecule has 0 aliphatic carbocycles. The monoisotopic (exact) mass is 367 g/mol. The normalized spacial score (nSPS) is 13.0. The van der Waals surface area contributed by atoms with Crippen LogP contribution in [0, 0.1) is 0 Å². The van der Waals surface area contributed by atoms with Crippen molar-refractivity contribution >= 4 is 33.3 Å². The molecule has 3 nitrogen and oxygen atoms in total. The lowest BCUT2D eigenvalue weighted by Gasteiger charge is -2.20. The molecule has 0 aliphatic heterocycles. The highest BCUT2D eigenvalue weighted by Crippen LogP contribution is 2.27. The Kier molecular flexibility index (Phi) is 4.89. The Morgan fingerprint density at radius 2 is 1.86 bits per heavy atom. The Labute approximate surface area is 139 Å². The number of nitrogens with one attached hydrogen (secondary N) is 1. The number of aromatic nitrogens is 2. The van der Waals surface area contributed by atoms with Gasteiger partial charge in [-0.3, -0.25) is 0 Å². The van der Waals surface area contributed by atoms with Gasteiger partial charge in [0.15, 0.2) is 0 Å². The van der Waals surface area contributed by atoms with Gasteiger partial charge in [0.2, 0.25) is 0 Å². The maximum atomic E-state index is 6.24. The Bertz CT molecular complexity index is 638. The summed E-state index contributed by atoms with van der Waals surface area (Å²) in [5.74, 6) is 1.58. The second kappa shape index (κ2) is 6.32. The molecule has 1 atom stereocenters. The average Bonchev–Trinajstić information content (AvgIpc) is 2.37. The van der Waals surface area contributed by atoms with Crippen molar-refractivity contribution in [3.8, 4) is 0 Å². The highest BCUT2D eigenvalue weighted by atomic mass is 79.9. The molecule has 1 heterocycles. The van der Waals surface area contributed by atoms with E-state index in [9.17, 15) is 0 Å². The topological polar surface area (TPSA) is 37.8 Å². The molecule has 0 fully saturated rings. The van der Waals surface area contributed by atoms with Gasteiger partial charge < -0.3 is 5.32 Å². The summed E-state index contributed by atoms with van der Waals surface area (Å²) in [6.45, 7) is 8.34. The van der Waals surface area contributed by atoms with E-state index in [1.807, 2.05) is 30.3 Å². The van der Waals surface area contributed by atoms with Gasteiger partial charge in [-0.1, -0.05) is 50.6 Å². The molecule has 21 heavy (non-hydrogen) atoms. The van der Waals surface area contributed by atoms with Gasteiger partial charge in [-0.05, 0) is 34.5 Å². The van der Waals surface area contributed by atoms with Gasteiger partial charge in [0.25, 0.3) is 0 Å². The molecule has 0 amide bonds. The van der Waals surface area contributed by atoms with Gasteiger partial charge in [0.1, 0.15) is 16.2 Å². The summed E-state index contributed by atoms with van der Waals surface area (Å²) < 4.78 is 0.774. The molecule has 2 aromatic rings. The summed E-state index contributed by atoms with van der Waals surface area (Å²) >= 11 is 9.69. The van der Waals surface area contributed by atoms with E-state index in [0.29, 0.717) is 0 Å². The van der Waals surface area contributed by atoms with Gasteiger partial charge >= 0.3 is 0 Å². The number of nitrogens with zero attached hydrogens (tertiary/aromatic N) is 2. The summed E-state index contributed by atoms with van der Waals surface area (Å²) in [5, 5.41) is 4.14. The molecular formula is C16H19BrClN3. The molecule has 0 radical (unpaired) electrons. The van der Waals surface area contributed by atoms with E-state index < -0.39 is 0 Å². The number of hydrogen-bond acceptors (Lipinski definition) is 3. The van der Waals surface area contributed by atoms with Crippen molar-refractivity contribution < 1.29 is 0 Å². The fourth-order valence-electron chi connectivity index (χ4n) is 1.95. The Hall–Kier alpha value is -1.13. The fraction of sp³-hybridized carbons (Fsp3) is 0.375. The fourth-order valence-corrected chi connectivity index (χ4v) is 2.64. The maximum absolute atomic E-state index is 6.24. The lowest BCUT2D eigenvalue weighted by molar-refractivity contribution is 0.544. The smallest absolute Gasteiger partial charge is 0.137 e. The third-order valence-electron chi connectivity index (χ3n) is 3.10. The summed E-state index contributed by atoms with van der Waals surface area (Å²) in [6.07, 6.45) is 0. The second-order valence-corrected chi connectivity index (χ2v) is 7.26. The zero-order valence-electron chi connectivity index (χ0n) is 12.6. The lowest BCUT2D eigenvalue weighted by atomic mass is 9.96. The minimum absolute atomic E-state index is 0.0633. The third-order valence-corrected chi connectivity index (χ3v) is 3.85. The van der Waals surface area contributed by atoms with Crippen LogP contribution in [0.15, 0.2) is 34.9 Å². The second-order valence-electron chi connectivity index (χ2n) is 6.04. The van der Waals surface area contributed by atoms with Crippen LogP contribution in [0.5, 0.6) is 0 Å². The van der Waals surface area contributed by atoms with Crippen LogP contribution in [0.4, 0.5) is 5.82 Å². The van der Waals surface area contributed by atoms with E-state index >= 15 is 0 Å². The van der Waals surface area contributed by atoms with E-state index in [-0.39, 0.29) is 11.5 Å². The van der Waals surface area contributed by atoms with Gasteiger partial charge in [0.05, 0.1) is 6.04 Å². The largest absolute Gasteiger partial charge is 0.363 e. The molecule has 1 aromatic heterocycles. The van der Waals surface area contributed by atoms with E-state index in [1.54, 1.807) is 0 Å². The molecule has 0 aliphatic rings. The van der Waals surface area contributed by atoms with E-state index in [2.05, 4.69) is 58.9 Å². The zero-order valence-corrected chi connectivity index (χ0v) is 15.0. The van der Waals surface area contributed by atoms with Crippen molar-refractivity contribution in [2.45, 2.75) is 39.2 Å². The zero-order chi connectivity index (χ0) is 15.6. The van der Waals surface area contributed by atoms with Crippen LogP contribution in [0.25, 0.3) is 0 Å². The molecule has 0 spiro atoms. The number of hydrogen-bond donors (Lipinski definition) is 1. The van der Waals surface area contributed by atoms with Gasteiger partial charge in [-0.15, -0.1) is 0 Å². The quantitative estimate of drug-likeness (QED) is 0.741. The Morgan fingerprint density at radius 1 is 1.19 bits per heavy atom. The molecule has 2 rings (SSSR count). The molecule has 1 aromatic carbocycles. The highest BCUT2D eigenvalue weighted by molar-refractivity contribution is 9.10. The highest BCUT2D eigenvalue weighted by Gasteiger charge is 2.19. The van der Waals surface area contributed by atoms with Crippen LogP contribution in [0.3, 0.4) is 0 Å². The molecule has 112 valence electrons. The van der Waals surface area contributed by atoms with Crippen molar-refractivity contribution in [2.75, 3.05) is 5.32 Å². The minimum Gasteiger partial charge on any atom is -0.363 e. The van der Waals surface area contributed by atoms with Crippen LogP contribution in [0.1, 0.15) is 45.1 Å². The molecular weight excluding hydrogens is 350 g/mol. The number of benzene rings is 1. The van der Waals surface area contributed by atoms with Crippen molar-refractivity contribution in [2.24, 2.45) is 0 Å². The SMILES string of the molecule is CC(Nc1cc(Br)nc(C(C)(C)C)n1)c1ccccc1Cl. The van der Waals surface area contributed by atoms with Crippen LogP contribution >= 0.6 is 27.5 Å². The van der Waals surface area contributed by atoms with E-state index in [4.69, 9.17) is 11.6 Å². The number of anilines is 1. The maximum Gasteiger partial charge on any atom is 0.137 e. The van der Waals surface area contributed by atoms with Crippen LogP contribution < -0.4 is 5.32 Å². The third kappa shape index (κ3) is 4.17. The summed E-state index contributed by atoms with van der Waals surface area (Å²) in [5.41, 5.74) is 0.944. The van der Waals surface area contributed by atoms with Crippen molar-refractivity contribution in [1.29, 1.82) is 0 Å². The molecule has 5 heteroatoms. The summed E-state index contributed by atoms with van der Waals surface area (Å²) in [6, 6.07) is 9.76. The van der Waals surface area contributed by atoms with Crippen LogP contribution in [-0.4, -0.2) is 9.97 Å². The first-order valence-electron chi connectivity index (χ1n) is 6.83. The predicted octanol–water partition coefficient (Wildman–Crippen LogP) is 5.36. The average molecular weight is 369 g/mol. The lowest BCUT2D eigenvalue weighted by Crippen LogP contribution is -2.18. The first kappa shape index (κ1) is 16.2. The van der Waals surface area contributed by atoms with Crippen LogP contribution in [-0.2, 0) is 5.41 Å². The Balaban J connectivity index is 2.28. The molecule has 0 bridgehead atoms. The predicted molar refractivity (Wildman–Crippen MR) is 91.9 cm³/mol. The summed E-state index contributed by atoms with van der Waals surface area (Å²) in [7, 11) is 0. The van der Waals surface area contributed by atoms with Gasteiger partial charge in [-0.25, -0.2) is 9.97 Å². The van der Waals surface area contributed by atoms with Crippen molar-refractivity contribution in [1.82, 2.24) is 9.97 Å². The van der Waals surface area contributed by atoms with Gasteiger partial charge in [-0.2, -0.15) is 0 Å². The van der Waals surface area contributed by atoms with E-state index in [1.165, 1.54) is 0 Å². The summed E-state index contributed by atoms with van der Waals surface area (Å²) in [4.78, 5) is 9.05. The Morgan fingerprint density at radius 3 is 2.48 bits per heavy atom. The van der Waals surface area contributed by atoms with Crippen LogP contribution in [0.2, 0.25) is 5.02 Å². The molecule has 1 N–H and O–H groups in total. The number of rotatable bonds is 3. The molecule has 0 saturated heterocycles. The van der Waals surface area contributed by atoms with E-state index in [0.717, 1.165) is 26.8 Å².